The van der Waals surface area contributed by atoms with Crippen LogP contribution in [-0.4, -0.2) is 14.5 Å². The molecule has 0 aliphatic rings. The molecule has 0 bridgehead atoms. The highest BCUT2D eigenvalue weighted by Gasteiger charge is 2.15. The molecule has 0 unspecified atom stereocenters. The lowest BCUT2D eigenvalue weighted by molar-refractivity contribution is 0.475. The maximum absolute atomic E-state index is 9.59. The van der Waals surface area contributed by atoms with Gasteiger partial charge in [-0.3, -0.25) is 4.40 Å². The molecule has 0 fully saturated rings. The average molecular weight is 356 g/mol. The van der Waals surface area contributed by atoms with E-state index in [1.807, 2.05) is 36.6 Å². The molecule has 0 spiro atoms. The summed E-state index contributed by atoms with van der Waals surface area (Å²) in [6.45, 7) is 5.99. The number of imidazole rings is 1. The van der Waals surface area contributed by atoms with Crippen LogP contribution in [0.25, 0.3) is 16.9 Å². The lowest BCUT2D eigenvalue weighted by Crippen LogP contribution is -1.85. The molecule has 1 N–H and O–H groups in total. The van der Waals surface area contributed by atoms with Crippen LogP contribution >= 0.6 is 0 Å². The SMILES string of the molecule is Cc1ccc(-c2nc3c(C)cccn3c2N=Nc2ccc(O)cc2C)cc1. The number of hydrogen-bond donors (Lipinski definition) is 1. The van der Waals surface area contributed by atoms with E-state index in [-0.39, 0.29) is 5.75 Å². The summed E-state index contributed by atoms with van der Waals surface area (Å²) in [6, 6.07) is 17.3. The van der Waals surface area contributed by atoms with Gasteiger partial charge in [-0.15, -0.1) is 10.2 Å². The van der Waals surface area contributed by atoms with E-state index in [0.717, 1.165) is 28.0 Å². The Hall–Kier alpha value is -3.47. The van der Waals surface area contributed by atoms with Gasteiger partial charge in [-0.25, -0.2) is 4.98 Å². The molecule has 4 aromatic rings. The van der Waals surface area contributed by atoms with Gasteiger partial charge in [-0.2, -0.15) is 0 Å². The summed E-state index contributed by atoms with van der Waals surface area (Å²) in [5, 5.41) is 18.6. The fourth-order valence-corrected chi connectivity index (χ4v) is 3.05. The number of aromatic hydroxyl groups is 1. The Morgan fingerprint density at radius 1 is 0.889 bits per heavy atom. The second kappa shape index (κ2) is 6.68. The first-order valence-corrected chi connectivity index (χ1v) is 8.79. The average Bonchev–Trinajstić information content (AvgIpc) is 3.02. The number of aryl methyl sites for hydroxylation is 3. The Bertz CT molecular complexity index is 1160. The number of aromatic nitrogens is 2. The second-order valence-corrected chi connectivity index (χ2v) is 6.71. The van der Waals surface area contributed by atoms with Gasteiger partial charge in [0.2, 0.25) is 0 Å². The molecule has 2 aromatic heterocycles. The molecule has 27 heavy (non-hydrogen) atoms. The molecule has 0 saturated carbocycles. The van der Waals surface area contributed by atoms with E-state index in [1.165, 1.54) is 5.56 Å². The van der Waals surface area contributed by atoms with Crippen LogP contribution in [0.1, 0.15) is 16.7 Å². The summed E-state index contributed by atoms with van der Waals surface area (Å²) in [5.41, 5.74) is 6.51. The van der Waals surface area contributed by atoms with Gasteiger partial charge in [0, 0.05) is 11.8 Å². The topological polar surface area (TPSA) is 62.2 Å². The van der Waals surface area contributed by atoms with Crippen LogP contribution in [0.5, 0.6) is 5.75 Å². The normalized spacial score (nSPS) is 11.5. The lowest BCUT2D eigenvalue weighted by atomic mass is 10.1. The third kappa shape index (κ3) is 3.19. The minimum absolute atomic E-state index is 0.220. The minimum atomic E-state index is 0.220. The molecule has 5 nitrogen and oxygen atoms in total. The molecule has 0 amide bonds. The van der Waals surface area contributed by atoms with Crippen LogP contribution in [0.4, 0.5) is 11.5 Å². The summed E-state index contributed by atoms with van der Waals surface area (Å²) >= 11 is 0. The van der Waals surface area contributed by atoms with Gasteiger partial charge in [0.1, 0.15) is 17.1 Å². The Labute approximate surface area is 157 Å². The van der Waals surface area contributed by atoms with Crippen molar-refractivity contribution < 1.29 is 5.11 Å². The zero-order valence-electron chi connectivity index (χ0n) is 15.5. The summed E-state index contributed by atoms with van der Waals surface area (Å²) < 4.78 is 1.96. The van der Waals surface area contributed by atoms with E-state index in [4.69, 9.17) is 4.98 Å². The van der Waals surface area contributed by atoms with Gasteiger partial charge in [0.25, 0.3) is 0 Å². The van der Waals surface area contributed by atoms with Gasteiger partial charge in [0.15, 0.2) is 5.82 Å². The van der Waals surface area contributed by atoms with E-state index in [9.17, 15) is 5.11 Å². The maximum atomic E-state index is 9.59. The monoisotopic (exact) mass is 356 g/mol. The van der Waals surface area contributed by atoms with Crippen LogP contribution in [0, 0.1) is 20.8 Å². The van der Waals surface area contributed by atoms with Crippen molar-refractivity contribution in [1.29, 1.82) is 0 Å². The van der Waals surface area contributed by atoms with E-state index in [1.54, 1.807) is 18.2 Å². The first kappa shape index (κ1) is 17.0. The molecule has 2 heterocycles. The summed E-state index contributed by atoms with van der Waals surface area (Å²) in [6.07, 6.45) is 1.95. The minimum Gasteiger partial charge on any atom is -0.508 e. The van der Waals surface area contributed by atoms with Gasteiger partial charge >= 0.3 is 0 Å². The molecule has 5 heteroatoms. The number of pyridine rings is 1. The number of phenols is 1. The van der Waals surface area contributed by atoms with E-state index >= 15 is 0 Å². The fraction of sp³-hybridized carbons (Fsp3) is 0.136. The number of fused-ring (bicyclic) bond motifs is 1. The van der Waals surface area contributed by atoms with Crippen molar-refractivity contribution >= 4 is 17.2 Å². The smallest absolute Gasteiger partial charge is 0.187 e. The Kier molecular flexibility index (Phi) is 4.20. The van der Waals surface area contributed by atoms with Gasteiger partial charge in [-0.1, -0.05) is 35.9 Å². The highest BCUT2D eigenvalue weighted by Crippen LogP contribution is 2.34. The summed E-state index contributed by atoms with van der Waals surface area (Å²) in [5.74, 6) is 0.905. The second-order valence-electron chi connectivity index (χ2n) is 6.71. The standard InChI is InChI=1S/C22H20N4O/c1-14-6-8-17(9-7-14)20-22(26-12-4-5-15(2)21(26)23-20)25-24-19-11-10-18(27)13-16(19)3/h4-13,27H,1-3H3. The molecule has 0 aliphatic carbocycles. The number of hydrogen-bond acceptors (Lipinski definition) is 4. The zero-order valence-corrected chi connectivity index (χ0v) is 15.5. The Morgan fingerprint density at radius 3 is 2.41 bits per heavy atom. The Balaban J connectivity index is 1.89. The largest absolute Gasteiger partial charge is 0.508 e. The quantitative estimate of drug-likeness (QED) is 0.454. The van der Waals surface area contributed by atoms with Crippen molar-refractivity contribution in [2.75, 3.05) is 0 Å². The molecular formula is C22H20N4O. The predicted octanol–water partition coefficient (Wildman–Crippen LogP) is 6.05. The third-order valence-electron chi connectivity index (χ3n) is 4.58. The number of phenolic OH excluding ortho intramolecular Hbond substituents is 1. The van der Waals surface area contributed by atoms with Crippen molar-refractivity contribution in [3.63, 3.8) is 0 Å². The lowest BCUT2D eigenvalue weighted by Gasteiger charge is -2.02. The van der Waals surface area contributed by atoms with Crippen molar-refractivity contribution in [3.05, 3.63) is 77.5 Å². The van der Waals surface area contributed by atoms with E-state index in [2.05, 4.69) is 41.4 Å². The number of benzene rings is 2. The van der Waals surface area contributed by atoms with E-state index in [0.29, 0.717) is 11.5 Å². The van der Waals surface area contributed by atoms with Crippen LogP contribution in [-0.2, 0) is 0 Å². The summed E-state index contributed by atoms with van der Waals surface area (Å²) in [7, 11) is 0. The molecule has 0 aliphatic heterocycles. The van der Waals surface area contributed by atoms with Crippen molar-refractivity contribution in [1.82, 2.24) is 9.38 Å². The zero-order chi connectivity index (χ0) is 19.0. The van der Waals surface area contributed by atoms with Crippen LogP contribution in [0.3, 0.4) is 0 Å². The highest BCUT2D eigenvalue weighted by atomic mass is 16.3. The molecule has 0 radical (unpaired) electrons. The molecule has 2 aromatic carbocycles. The highest BCUT2D eigenvalue weighted by molar-refractivity contribution is 5.75. The Morgan fingerprint density at radius 2 is 1.67 bits per heavy atom. The van der Waals surface area contributed by atoms with Gasteiger partial charge < -0.3 is 5.11 Å². The number of rotatable bonds is 3. The summed E-state index contributed by atoms with van der Waals surface area (Å²) in [4.78, 5) is 4.83. The van der Waals surface area contributed by atoms with Crippen molar-refractivity contribution in [2.24, 2.45) is 10.2 Å². The van der Waals surface area contributed by atoms with Crippen LogP contribution in [0.15, 0.2) is 71.0 Å². The third-order valence-corrected chi connectivity index (χ3v) is 4.58. The maximum Gasteiger partial charge on any atom is 0.187 e. The number of azo groups is 1. The van der Waals surface area contributed by atoms with Crippen LogP contribution < -0.4 is 0 Å². The predicted molar refractivity (Wildman–Crippen MR) is 107 cm³/mol. The van der Waals surface area contributed by atoms with Gasteiger partial charge in [0.05, 0.1) is 5.69 Å². The first-order valence-electron chi connectivity index (χ1n) is 8.79. The van der Waals surface area contributed by atoms with Crippen molar-refractivity contribution in [3.8, 4) is 17.0 Å². The van der Waals surface area contributed by atoms with Crippen LogP contribution in [0.2, 0.25) is 0 Å². The first-order chi connectivity index (χ1) is 13.0. The fourth-order valence-electron chi connectivity index (χ4n) is 3.05. The molecular weight excluding hydrogens is 336 g/mol. The van der Waals surface area contributed by atoms with E-state index < -0.39 is 0 Å². The van der Waals surface area contributed by atoms with Gasteiger partial charge in [-0.05, 0) is 56.2 Å². The number of nitrogens with zero attached hydrogens (tertiary/aromatic N) is 4. The van der Waals surface area contributed by atoms with Crippen molar-refractivity contribution in [2.45, 2.75) is 20.8 Å². The molecule has 0 saturated heterocycles. The molecule has 0 atom stereocenters. The molecule has 134 valence electrons. The molecule has 4 rings (SSSR count).